The van der Waals surface area contributed by atoms with Gasteiger partial charge in [-0.05, 0) is 53.9 Å². The minimum Gasteiger partial charge on any atom is -0.480 e. The van der Waals surface area contributed by atoms with Crippen LogP contribution in [0.25, 0.3) is 0 Å². The van der Waals surface area contributed by atoms with E-state index in [1.165, 1.54) is 0 Å². The van der Waals surface area contributed by atoms with E-state index in [1.54, 1.807) is 0 Å². The van der Waals surface area contributed by atoms with Gasteiger partial charge in [-0.2, -0.15) is 0 Å². The van der Waals surface area contributed by atoms with Gasteiger partial charge in [0.25, 0.3) is 0 Å². The number of carbonyl (C=O) groups is 2. The van der Waals surface area contributed by atoms with Crippen molar-refractivity contribution in [1.29, 1.82) is 0 Å². The average Bonchev–Trinajstić information content (AvgIpc) is 2.66. The molecule has 0 unspecified atom stereocenters. The summed E-state index contributed by atoms with van der Waals surface area (Å²) in [7, 11) is -5.81. The maximum atomic E-state index is 11.2. The third kappa shape index (κ3) is 37.5. The first kappa shape index (κ1) is 48.2. The van der Waals surface area contributed by atoms with E-state index in [1.807, 2.05) is 23.9 Å². The summed E-state index contributed by atoms with van der Waals surface area (Å²) in [6.45, 7) is 9.09. The van der Waals surface area contributed by atoms with Gasteiger partial charge in [0.2, 0.25) is 0 Å². The zero-order valence-electron chi connectivity index (χ0n) is 22.0. The van der Waals surface area contributed by atoms with Gasteiger partial charge in [-0.15, -0.1) is 20.5 Å². The zero-order chi connectivity index (χ0) is 28.7. The fourth-order valence-electron chi connectivity index (χ4n) is 3.26. The zero-order valence-corrected chi connectivity index (χ0v) is 24.5. The van der Waals surface area contributed by atoms with E-state index in [4.69, 9.17) is 37.3 Å². The topological polar surface area (TPSA) is 335 Å². The number of hydrogen-bond acceptors (Lipinski definition) is 14. The number of nitrogens with zero attached hydrogens (tertiary/aromatic N) is 4. The number of carboxylic acids is 2. The van der Waals surface area contributed by atoms with E-state index >= 15 is 0 Å². The summed E-state index contributed by atoms with van der Waals surface area (Å²) >= 11 is 0. The Kier molecular flexibility index (Phi) is 29.8. The molecule has 1 fully saturated rings. The van der Waals surface area contributed by atoms with Crippen LogP contribution in [0.2, 0.25) is 0 Å². The summed E-state index contributed by atoms with van der Waals surface area (Å²) in [5.74, 6) is -1.57. The quantitative estimate of drug-likeness (QED) is 0.262. The van der Waals surface area contributed by atoms with E-state index in [0.29, 0.717) is 0 Å². The molecule has 1 aliphatic rings. The Morgan fingerprint density at radius 2 is 0.872 bits per heavy atom. The molecule has 6 N–H and O–H groups in total. The van der Waals surface area contributed by atoms with Crippen molar-refractivity contribution in [3.05, 3.63) is 0 Å². The van der Waals surface area contributed by atoms with Crippen LogP contribution in [0.15, 0.2) is 0 Å². The van der Waals surface area contributed by atoms with E-state index in [-0.39, 0.29) is 53.2 Å². The van der Waals surface area contributed by atoms with Gasteiger partial charge >= 0.3 is 29.0 Å². The van der Waals surface area contributed by atoms with Crippen LogP contribution in [0.3, 0.4) is 0 Å². The summed E-state index contributed by atoms with van der Waals surface area (Å²) in [4.78, 5) is 30.9. The Balaban J connectivity index is -0.000000253. The van der Waals surface area contributed by atoms with Crippen molar-refractivity contribution < 1.29 is 106 Å². The molecule has 0 bridgehead atoms. The van der Waals surface area contributed by atoms with Crippen molar-refractivity contribution >= 4 is 11.9 Å². The molecule has 241 valence electrons. The molecule has 0 amide bonds. The second-order valence-electron chi connectivity index (χ2n) is 8.37. The van der Waals surface area contributed by atoms with Crippen LogP contribution < -0.4 is 37.3 Å². The van der Waals surface area contributed by atoms with Crippen LogP contribution in [0.1, 0.15) is 26.7 Å². The fraction of sp³-hybridized carbons (Fsp3) is 0.889. The molecule has 0 spiro atoms. The van der Waals surface area contributed by atoms with Gasteiger partial charge < -0.3 is 31.0 Å². The smallest absolute Gasteiger partial charge is 0.480 e. The predicted molar refractivity (Wildman–Crippen MR) is 109 cm³/mol. The van der Waals surface area contributed by atoms with Gasteiger partial charge in [-0.3, -0.25) is 19.4 Å². The molecule has 1 radical (unpaired) electrons. The minimum absolute atomic E-state index is 0. The molecule has 1 heterocycles. The van der Waals surface area contributed by atoms with Gasteiger partial charge in [0.05, 0.1) is 13.1 Å². The maximum absolute atomic E-state index is 11.2. The molecule has 0 aliphatic carbocycles. The van der Waals surface area contributed by atoms with Crippen molar-refractivity contribution in [2.75, 3.05) is 66.5 Å². The largest absolute Gasteiger partial charge is 2.00 e. The summed E-state index contributed by atoms with van der Waals surface area (Å²) in [6.07, 6.45) is 1.78. The molecular formula is C18H40Cl2CuN4O14. The second-order valence-corrected chi connectivity index (χ2v) is 9.88. The number of likely N-dealkylation sites (N-methyl/N-ethyl adjacent to an activating group) is 2. The summed E-state index contributed by atoms with van der Waals surface area (Å²) < 4.78 is 67.9. The molecule has 1 aliphatic heterocycles. The Labute approximate surface area is 242 Å². The molecule has 1 saturated heterocycles. The van der Waals surface area contributed by atoms with E-state index < -0.39 is 32.4 Å². The van der Waals surface area contributed by atoms with Crippen LogP contribution in [0.5, 0.6) is 0 Å². The molecule has 2 atom stereocenters. The summed E-state index contributed by atoms with van der Waals surface area (Å²) in [5, 5.41) is 18.4. The number of hydrogen-bond donors (Lipinski definition) is 2. The van der Waals surface area contributed by atoms with Crippen molar-refractivity contribution in [2.24, 2.45) is 0 Å². The Morgan fingerprint density at radius 1 is 0.641 bits per heavy atom. The van der Waals surface area contributed by atoms with Gasteiger partial charge in [0.15, 0.2) is 0 Å². The standard InChI is InChI=1S/C18H36N4O4.2ClHO4.Cu.2H2O/c1-15-5-7-19(3)10-12-22(14-18(25)26)16(2)6-8-20(4)9-11-21(15)13-17(23)24;2*2-1(3,4)5;;;/h15-16H,5-14H2,1-4H3,(H,23,24)(H,25,26);2*(H,2,3,4,5);;2*1H2/q;;;+2;;/p-2/t15-,16+;;;;;. The fourth-order valence-corrected chi connectivity index (χ4v) is 3.26. The van der Waals surface area contributed by atoms with Gasteiger partial charge in [-0.1, -0.05) is 0 Å². The molecule has 1 rings (SSSR count). The Morgan fingerprint density at radius 3 is 1.08 bits per heavy atom. The molecule has 0 aromatic carbocycles. The Hall–Kier alpha value is -0.521. The first-order valence-electron chi connectivity index (χ1n) is 10.7. The van der Waals surface area contributed by atoms with Crippen LogP contribution in [0.4, 0.5) is 0 Å². The predicted octanol–water partition coefficient (Wildman–Crippen LogP) is -11.0. The third-order valence-electron chi connectivity index (χ3n) is 5.32. The number of aliphatic carboxylic acids is 2. The van der Waals surface area contributed by atoms with Crippen LogP contribution in [0, 0.1) is 20.5 Å². The van der Waals surface area contributed by atoms with Gasteiger partial charge in [-0.25, -0.2) is 37.3 Å². The molecular weight excluding hydrogens is 631 g/mol. The molecule has 21 heteroatoms. The summed E-state index contributed by atoms with van der Waals surface area (Å²) in [5.41, 5.74) is 0. The molecule has 18 nitrogen and oxygen atoms in total. The van der Waals surface area contributed by atoms with E-state index in [9.17, 15) is 19.8 Å². The molecule has 0 aromatic heterocycles. The SMILES string of the molecule is C[C@@H]1CCN(C)CCN(CC(=O)O)[C@@H](C)CCN(C)CCN1CC(=O)O.O.O.[Cu+2].[O-][Cl+3]([O-])([O-])[O-].[O-][Cl+3]([O-])([O-])[O-]. The van der Waals surface area contributed by atoms with Crippen molar-refractivity contribution in [3.63, 3.8) is 0 Å². The third-order valence-corrected chi connectivity index (χ3v) is 5.32. The van der Waals surface area contributed by atoms with Crippen molar-refractivity contribution in [3.8, 4) is 0 Å². The minimum atomic E-state index is -4.94. The van der Waals surface area contributed by atoms with E-state index in [0.717, 1.165) is 52.1 Å². The van der Waals surface area contributed by atoms with Crippen molar-refractivity contribution in [2.45, 2.75) is 38.8 Å². The number of rotatable bonds is 4. The molecule has 0 aromatic rings. The van der Waals surface area contributed by atoms with Gasteiger partial charge in [0.1, 0.15) is 0 Å². The molecule has 0 saturated carbocycles. The monoisotopic (exact) mass is 669 g/mol. The maximum Gasteiger partial charge on any atom is 2.00 e. The number of carboxylic acid groups (broad SMARTS) is 2. The first-order valence-corrected chi connectivity index (χ1v) is 13.2. The number of halogens is 2. The second kappa shape index (κ2) is 24.1. The average molecular weight is 671 g/mol. The van der Waals surface area contributed by atoms with Crippen LogP contribution in [-0.2, 0) is 26.7 Å². The van der Waals surface area contributed by atoms with Crippen LogP contribution in [-0.4, -0.2) is 131 Å². The molecule has 39 heavy (non-hydrogen) atoms. The first-order chi connectivity index (χ1) is 16.2. The van der Waals surface area contributed by atoms with Crippen molar-refractivity contribution in [1.82, 2.24) is 19.6 Å². The summed E-state index contributed by atoms with van der Waals surface area (Å²) in [6, 6.07) is 0.387. The Bertz CT molecular complexity index is 570. The normalized spacial score (nSPS) is 21.1. The van der Waals surface area contributed by atoms with Gasteiger partial charge in [0, 0.05) is 38.3 Å². The van der Waals surface area contributed by atoms with E-state index in [2.05, 4.69) is 23.6 Å². The van der Waals surface area contributed by atoms with Crippen LogP contribution >= 0.6 is 0 Å².